The molecule has 2 aromatic carbocycles. The highest BCUT2D eigenvalue weighted by atomic mass is 19.1. The van der Waals surface area contributed by atoms with Crippen molar-refractivity contribution in [2.45, 2.75) is 20.0 Å². The van der Waals surface area contributed by atoms with E-state index < -0.39 is 36.4 Å². The van der Waals surface area contributed by atoms with E-state index in [1.165, 1.54) is 55.5 Å². The molecule has 0 unspecified atom stereocenters. The summed E-state index contributed by atoms with van der Waals surface area (Å²) < 4.78 is 27.9. The largest absolute Gasteiger partial charge is 0.479 e. The van der Waals surface area contributed by atoms with Crippen molar-refractivity contribution in [1.29, 1.82) is 0 Å². The first-order chi connectivity index (χ1) is 13.4. The van der Waals surface area contributed by atoms with Gasteiger partial charge in [-0.1, -0.05) is 0 Å². The molecule has 0 heterocycles. The van der Waals surface area contributed by atoms with Crippen LogP contribution in [0.3, 0.4) is 0 Å². The molecule has 1 N–H and O–H groups in total. The lowest BCUT2D eigenvalue weighted by atomic mass is 10.2. The van der Waals surface area contributed by atoms with Crippen LogP contribution in [0.15, 0.2) is 48.5 Å². The topological polar surface area (TPSA) is 90.9 Å². The molecule has 0 aromatic heterocycles. The number of hydrogen-bond donors (Lipinski definition) is 1. The zero-order valence-corrected chi connectivity index (χ0v) is 15.4. The van der Waals surface area contributed by atoms with Crippen molar-refractivity contribution < 1.29 is 33.0 Å². The van der Waals surface area contributed by atoms with E-state index in [4.69, 9.17) is 14.2 Å². The van der Waals surface area contributed by atoms with Crippen molar-refractivity contribution in [1.82, 2.24) is 0 Å². The summed E-state index contributed by atoms with van der Waals surface area (Å²) >= 11 is 0. The third-order valence-corrected chi connectivity index (χ3v) is 3.48. The number of ether oxygens (including phenoxy) is 3. The maximum atomic E-state index is 12.9. The standard InChI is InChI=1S/C20H20FNO6/c1-3-26-20(25)14-4-8-16(9-5-14)22-18(23)12-27-19(24)13(2)28-17-10-6-15(21)7-11-17/h4-11,13H,3,12H2,1-2H3,(H,22,23)/t13-/m1/s1. The van der Waals surface area contributed by atoms with Gasteiger partial charge in [0.15, 0.2) is 12.7 Å². The second-order valence-electron chi connectivity index (χ2n) is 5.67. The highest BCUT2D eigenvalue weighted by Gasteiger charge is 2.18. The Morgan fingerprint density at radius 1 is 1.00 bits per heavy atom. The van der Waals surface area contributed by atoms with Gasteiger partial charge in [0.2, 0.25) is 0 Å². The number of carbonyl (C=O) groups excluding carboxylic acids is 3. The van der Waals surface area contributed by atoms with Gasteiger partial charge in [-0.15, -0.1) is 0 Å². The third-order valence-electron chi connectivity index (χ3n) is 3.48. The number of halogens is 1. The minimum absolute atomic E-state index is 0.270. The first kappa shape index (κ1) is 20.9. The Hall–Kier alpha value is -3.42. The summed E-state index contributed by atoms with van der Waals surface area (Å²) in [6.07, 6.45) is -0.970. The first-order valence-corrected chi connectivity index (χ1v) is 8.55. The van der Waals surface area contributed by atoms with Crippen molar-refractivity contribution in [2.75, 3.05) is 18.5 Å². The van der Waals surface area contributed by atoms with Gasteiger partial charge in [-0.3, -0.25) is 4.79 Å². The molecule has 0 aliphatic carbocycles. The molecule has 2 aromatic rings. The van der Waals surface area contributed by atoms with E-state index in [0.717, 1.165) is 0 Å². The fourth-order valence-corrected chi connectivity index (χ4v) is 2.12. The summed E-state index contributed by atoms with van der Waals surface area (Å²) in [5.41, 5.74) is 0.794. The van der Waals surface area contributed by atoms with E-state index in [-0.39, 0.29) is 6.61 Å². The molecule has 148 valence electrons. The molecule has 0 saturated heterocycles. The Morgan fingerprint density at radius 2 is 1.64 bits per heavy atom. The fraction of sp³-hybridized carbons (Fsp3) is 0.250. The van der Waals surface area contributed by atoms with Crippen LogP contribution in [0.4, 0.5) is 10.1 Å². The quantitative estimate of drug-likeness (QED) is 0.698. The summed E-state index contributed by atoms with van der Waals surface area (Å²) in [7, 11) is 0. The van der Waals surface area contributed by atoms with Gasteiger partial charge < -0.3 is 19.5 Å². The van der Waals surface area contributed by atoms with Gasteiger partial charge in [-0.2, -0.15) is 0 Å². The van der Waals surface area contributed by atoms with Gasteiger partial charge in [-0.25, -0.2) is 14.0 Å². The Kier molecular flexibility index (Phi) is 7.50. The van der Waals surface area contributed by atoms with Gasteiger partial charge >= 0.3 is 11.9 Å². The third kappa shape index (κ3) is 6.39. The average molecular weight is 389 g/mol. The number of carbonyl (C=O) groups is 3. The molecule has 8 heteroatoms. The summed E-state index contributed by atoms with van der Waals surface area (Å²) in [5.74, 6) is -1.86. The molecule has 0 aliphatic heterocycles. The minimum atomic E-state index is -0.970. The number of nitrogens with one attached hydrogen (secondary N) is 1. The van der Waals surface area contributed by atoms with Crippen LogP contribution in [0.5, 0.6) is 5.75 Å². The monoisotopic (exact) mass is 389 g/mol. The van der Waals surface area contributed by atoms with Crippen LogP contribution in [-0.4, -0.2) is 37.2 Å². The molecular formula is C20H20FNO6. The Bertz CT molecular complexity index is 820. The molecule has 28 heavy (non-hydrogen) atoms. The molecule has 1 atom stereocenters. The maximum Gasteiger partial charge on any atom is 0.347 e. The van der Waals surface area contributed by atoms with Gasteiger partial charge in [0, 0.05) is 5.69 Å². The van der Waals surface area contributed by atoms with Crippen LogP contribution in [0, 0.1) is 5.82 Å². The average Bonchev–Trinajstić information content (AvgIpc) is 2.68. The summed E-state index contributed by atoms with van der Waals surface area (Å²) in [5, 5.41) is 2.54. The van der Waals surface area contributed by atoms with E-state index in [1.807, 2.05) is 0 Å². The molecule has 2 rings (SSSR count). The summed E-state index contributed by atoms with van der Waals surface area (Å²) in [6, 6.07) is 11.3. The van der Waals surface area contributed by atoms with Crippen LogP contribution in [-0.2, 0) is 19.1 Å². The number of benzene rings is 2. The van der Waals surface area contributed by atoms with E-state index in [0.29, 0.717) is 17.0 Å². The number of rotatable bonds is 8. The zero-order valence-electron chi connectivity index (χ0n) is 15.4. The van der Waals surface area contributed by atoms with Crippen LogP contribution in [0.2, 0.25) is 0 Å². The molecule has 1 amide bonds. The van der Waals surface area contributed by atoms with Crippen molar-refractivity contribution in [3.8, 4) is 5.75 Å². The van der Waals surface area contributed by atoms with Crippen LogP contribution >= 0.6 is 0 Å². The van der Waals surface area contributed by atoms with Crippen LogP contribution in [0.1, 0.15) is 24.2 Å². The van der Waals surface area contributed by atoms with Crippen molar-refractivity contribution >= 4 is 23.5 Å². The van der Waals surface area contributed by atoms with E-state index in [9.17, 15) is 18.8 Å². The number of anilines is 1. The zero-order chi connectivity index (χ0) is 20.5. The minimum Gasteiger partial charge on any atom is -0.479 e. The predicted molar refractivity (Wildman–Crippen MR) is 98.5 cm³/mol. The molecule has 0 spiro atoms. The Labute approximate surface area is 161 Å². The lowest BCUT2D eigenvalue weighted by molar-refractivity contribution is -0.153. The maximum absolute atomic E-state index is 12.9. The molecule has 0 saturated carbocycles. The second-order valence-corrected chi connectivity index (χ2v) is 5.67. The fourth-order valence-electron chi connectivity index (χ4n) is 2.12. The summed E-state index contributed by atoms with van der Waals surface area (Å²) in [4.78, 5) is 35.4. The number of amides is 1. The van der Waals surface area contributed by atoms with Gasteiger partial charge in [-0.05, 0) is 62.4 Å². The number of hydrogen-bond acceptors (Lipinski definition) is 6. The van der Waals surface area contributed by atoms with Gasteiger partial charge in [0.1, 0.15) is 11.6 Å². The van der Waals surface area contributed by atoms with Gasteiger partial charge in [0.25, 0.3) is 5.91 Å². The summed E-state index contributed by atoms with van der Waals surface area (Å²) in [6.45, 7) is 2.93. The second kappa shape index (κ2) is 10.1. The molecule has 0 aliphatic rings. The van der Waals surface area contributed by atoms with Crippen molar-refractivity contribution in [3.05, 3.63) is 59.9 Å². The van der Waals surface area contributed by atoms with Gasteiger partial charge in [0.05, 0.1) is 12.2 Å². The Balaban J connectivity index is 1.78. The molecule has 0 bridgehead atoms. The smallest absolute Gasteiger partial charge is 0.347 e. The van der Waals surface area contributed by atoms with Crippen molar-refractivity contribution in [2.24, 2.45) is 0 Å². The van der Waals surface area contributed by atoms with Crippen LogP contribution in [0.25, 0.3) is 0 Å². The van der Waals surface area contributed by atoms with Crippen LogP contribution < -0.4 is 10.1 Å². The predicted octanol–water partition coefficient (Wildman–Crippen LogP) is 2.95. The van der Waals surface area contributed by atoms with E-state index in [2.05, 4.69) is 5.32 Å². The Morgan fingerprint density at radius 3 is 2.25 bits per heavy atom. The SMILES string of the molecule is CCOC(=O)c1ccc(NC(=O)COC(=O)[C@@H](C)Oc2ccc(F)cc2)cc1. The first-order valence-electron chi connectivity index (χ1n) is 8.55. The lowest BCUT2D eigenvalue weighted by Crippen LogP contribution is -2.29. The lowest BCUT2D eigenvalue weighted by Gasteiger charge is -2.14. The molecule has 0 fully saturated rings. The number of esters is 2. The molecular weight excluding hydrogens is 369 g/mol. The van der Waals surface area contributed by atoms with Crippen molar-refractivity contribution in [3.63, 3.8) is 0 Å². The normalized spacial score (nSPS) is 11.2. The highest BCUT2D eigenvalue weighted by Crippen LogP contribution is 2.14. The highest BCUT2D eigenvalue weighted by molar-refractivity contribution is 5.94. The molecule has 7 nitrogen and oxygen atoms in total. The molecule has 0 radical (unpaired) electrons. The van der Waals surface area contributed by atoms with E-state index >= 15 is 0 Å². The van der Waals surface area contributed by atoms with E-state index in [1.54, 1.807) is 6.92 Å².